The Bertz CT molecular complexity index is 586. The number of carboxylic acid groups (broad SMARTS) is 1. The van der Waals surface area contributed by atoms with Gasteiger partial charge in [-0.1, -0.05) is 15.9 Å². The molecule has 0 saturated carbocycles. The lowest BCUT2D eigenvalue weighted by molar-refractivity contribution is -0.130. The Morgan fingerprint density at radius 3 is 2.60 bits per heavy atom. The van der Waals surface area contributed by atoms with Crippen molar-refractivity contribution in [2.45, 2.75) is 4.90 Å². The van der Waals surface area contributed by atoms with Crippen LogP contribution in [-0.2, 0) is 14.6 Å². The fourth-order valence-electron chi connectivity index (χ4n) is 1.41. The normalized spacial score (nSPS) is 17.0. The number of hydrogen-bond donors (Lipinski definition) is 1. The number of carbonyl (C=O) groups is 1. The van der Waals surface area contributed by atoms with E-state index < -0.39 is 15.8 Å². The molecule has 6 heteroatoms. The Labute approximate surface area is 94.3 Å². The van der Waals surface area contributed by atoms with E-state index >= 15 is 0 Å². The van der Waals surface area contributed by atoms with Gasteiger partial charge in [0, 0.05) is 10.0 Å². The molecule has 0 aromatic heterocycles. The predicted molar refractivity (Wildman–Crippen MR) is 56.9 cm³/mol. The summed E-state index contributed by atoms with van der Waals surface area (Å²) in [5.74, 6) is -1.24. The molecule has 0 radical (unpaired) electrons. The Hall–Kier alpha value is -1.14. The monoisotopic (exact) mass is 288 g/mol. The van der Waals surface area contributed by atoms with E-state index in [0.29, 0.717) is 4.47 Å². The molecule has 1 aliphatic heterocycles. The maximum atomic E-state index is 11.5. The summed E-state index contributed by atoms with van der Waals surface area (Å²) in [5.41, 5.74) is 0.0446. The van der Waals surface area contributed by atoms with Crippen molar-refractivity contribution in [1.29, 1.82) is 0 Å². The van der Waals surface area contributed by atoms with Gasteiger partial charge in [0.05, 0.1) is 15.9 Å². The van der Waals surface area contributed by atoms with Crippen molar-refractivity contribution in [3.8, 4) is 0 Å². The van der Waals surface area contributed by atoms with Crippen LogP contribution in [0.4, 0.5) is 0 Å². The zero-order valence-corrected chi connectivity index (χ0v) is 9.67. The maximum Gasteiger partial charge on any atom is 0.337 e. The average molecular weight is 289 g/mol. The van der Waals surface area contributed by atoms with Gasteiger partial charge in [0.2, 0.25) is 9.84 Å². The number of aliphatic carboxylic acids is 1. The van der Waals surface area contributed by atoms with Crippen molar-refractivity contribution < 1.29 is 18.3 Å². The second kappa shape index (κ2) is 3.18. The minimum Gasteiger partial charge on any atom is -0.478 e. The molecule has 1 N–H and O–H groups in total. The van der Waals surface area contributed by atoms with Gasteiger partial charge in [0.1, 0.15) is 0 Å². The molecule has 1 aromatic carbocycles. The predicted octanol–water partition coefficient (Wildman–Crippen LogP) is 1.66. The smallest absolute Gasteiger partial charge is 0.337 e. The molecule has 78 valence electrons. The Morgan fingerprint density at radius 2 is 2.00 bits per heavy atom. The molecule has 1 heterocycles. The second-order valence-electron chi connectivity index (χ2n) is 3.02. The van der Waals surface area contributed by atoms with Crippen molar-refractivity contribution >= 4 is 37.3 Å². The summed E-state index contributed by atoms with van der Waals surface area (Å²) < 4.78 is 23.7. The SMILES string of the molecule is O=C(O)C1=CS(=O)(=O)c2ccc(Br)cc21. The number of benzene rings is 1. The molecule has 15 heavy (non-hydrogen) atoms. The highest BCUT2D eigenvalue weighted by atomic mass is 79.9. The fourth-order valence-corrected chi connectivity index (χ4v) is 3.17. The van der Waals surface area contributed by atoms with E-state index in [9.17, 15) is 13.2 Å². The van der Waals surface area contributed by atoms with Crippen LogP contribution in [-0.4, -0.2) is 19.5 Å². The Morgan fingerprint density at radius 1 is 1.33 bits per heavy atom. The molecule has 0 bridgehead atoms. The first-order valence-corrected chi connectivity index (χ1v) is 6.26. The molecule has 0 aliphatic carbocycles. The van der Waals surface area contributed by atoms with Crippen LogP contribution in [0.2, 0.25) is 0 Å². The van der Waals surface area contributed by atoms with Gasteiger partial charge in [-0.25, -0.2) is 13.2 Å². The van der Waals surface area contributed by atoms with Gasteiger partial charge >= 0.3 is 5.97 Å². The van der Waals surface area contributed by atoms with E-state index in [1.807, 2.05) is 0 Å². The first-order valence-electron chi connectivity index (χ1n) is 3.92. The molecule has 1 aromatic rings. The lowest BCUT2D eigenvalue weighted by Gasteiger charge is -2.00. The molecule has 2 rings (SSSR count). The van der Waals surface area contributed by atoms with E-state index in [1.54, 1.807) is 6.07 Å². The molecule has 0 unspecified atom stereocenters. The van der Waals surface area contributed by atoms with Crippen molar-refractivity contribution in [2.75, 3.05) is 0 Å². The molecule has 0 fully saturated rings. The van der Waals surface area contributed by atoms with Crippen LogP contribution in [0.3, 0.4) is 0 Å². The number of sulfone groups is 1. The Balaban J connectivity index is 2.80. The third kappa shape index (κ3) is 1.59. The summed E-state index contributed by atoms with van der Waals surface area (Å²) in [6.45, 7) is 0. The summed E-state index contributed by atoms with van der Waals surface area (Å²) in [4.78, 5) is 10.9. The highest BCUT2D eigenvalue weighted by Gasteiger charge is 2.30. The van der Waals surface area contributed by atoms with Gasteiger partial charge in [-0.3, -0.25) is 0 Å². The number of fused-ring (bicyclic) bond motifs is 1. The average Bonchev–Trinajstić information content (AvgIpc) is 2.38. The molecule has 0 spiro atoms. The number of carboxylic acids is 1. The maximum absolute atomic E-state index is 11.5. The molecular weight excluding hydrogens is 284 g/mol. The molecule has 1 aliphatic rings. The van der Waals surface area contributed by atoms with E-state index in [4.69, 9.17) is 5.11 Å². The van der Waals surface area contributed by atoms with Crippen molar-refractivity contribution in [3.63, 3.8) is 0 Å². The summed E-state index contributed by atoms with van der Waals surface area (Å²) >= 11 is 3.16. The van der Waals surface area contributed by atoms with Crippen LogP contribution in [0, 0.1) is 0 Å². The lowest BCUT2D eigenvalue weighted by atomic mass is 10.1. The van der Waals surface area contributed by atoms with Crippen LogP contribution in [0.5, 0.6) is 0 Å². The lowest BCUT2D eigenvalue weighted by Crippen LogP contribution is -1.97. The van der Waals surface area contributed by atoms with Crippen LogP contribution in [0.1, 0.15) is 5.56 Å². The Kier molecular flexibility index (Phi) is 2.20. The highest BCUT2D eigenvalue weighted by Crippen LogP contribution is 2.35. The van der Waals surface area contributed by atoms with E-state index in [2.05, 4.69) is 15.9 Å². The standard InChI is InChI=1S/C9H5BrO4S/c10-5-1-2-8-6(3-5)7(9(11)12)4-15(8,13)14/h1-4H,(H,11,12). The quantitative estimate of drug-likeness (QED) is 0.853. The largest absolute Gasteiger partial charge is 0.478 e. The van der Waals surface area contributed by atoms with Gasteiger partial charge in [0.15, 0.2) is 0 Å². The van der Waals surface area contributed by atoms with Crippen LogP contribution in [0.15, 0.2) is 33.0 Å². The summed E-state index contributed by atoms with van der Waals surface area (Å²) in [6.07, 6.45) is 0. The molecule has 0 atom stereocenters. The second-order valence-corrected chi connectivity index (χ2v) is 5.70. The van der Waals surface area contributed by atoms with Gasteiger partial charge in [-0.15, -0.1) is 0 Å². The van der Waals surface area contributed by atoms with E-state index in [-0.39, 0.29) is 16.0 Å². The van der Waals surface area contributed by atoms with Gasteiger partial charge in [0.25, 0.3) is 0 Å². The molecule has 4 nitrogen and oxygen atoms in total. The zero-order chi connectivity index (χ0) is 11.2. The van der Waals surface area contributed by atoms with Crippen LogP contribution < -0.4 is 0 Å². The van der Waals surface area contributed by atoms with Crippen molar-refractivity contribution in [3.05, 3.63) is 33.6 Å². The molecule has 0 amide bonds. The van der Waals surface area contributed by atoms with Gasteiger partial charge in [-0.2, -0.15) is 0 Å². The minimum absolute atomic E-state index is 0.0445. The van der Waals surface area contributed by atoms with Gasteiger partial charge < -0.3 is 5.11 Å². The van der Waals surface area contributed by atoms with E-state index in [0.717, 1.165) is 5.41 Å². The fraction of sp³-hybridized carbons (Fsp3) is 0. The summed E-state index contributed by atoms with van der Waals surface area (Å²) in [7, 11) is -3.58. The van der Waals surface area contributed by atoms with E-state index in [1.165, 1.54) is 12.1 Å². The number of hydrogen-bond acceptors (Lipinski definition) is 3. The molecular formula is C9H5BrO4S. The third-order valence-electron chi connectivity index (χ3n) is 2.04. The summed E-state index contributed by atoms with van der Waals surface area (Å²) in [6, 6.07) is 4.44. The van der Waals surface area contributed by atoms with Crippen LogP contribution in [0.25, 0.3) is 5.57 Å². The summed E-state index contributed by atoms with van der Waals surface area (Å²) in [5, 5.41) is 9.62. The van der Waals surface area contributed by atoms with Gasteiger partial charge in [-0.05, 0) is 18.2 Å². The topological polar surface area (TPSA) is 71.4 Å². The first kappa shape index (κ1) is 10.4. The number of rotatable bonds is 1. The van der Waals surface area contributed by atoms with Crippen molar-refractivity contribution in [2.24, 2.45) is 0 Å². The number of halogens is 1. The first-order chi connectivity index (χ1) is 6.92. The molecule has 0 saturated heterocycles. The minimum atomic E-state index is -3.58. The zero-order valence-electron chi connectivity index (χ0n) is 7.27. The van der Waals surface area contributed by atoms with Crippen molar-refractivity contribution in [1.82, 2.24) is 0 Å². The third-order valence-corrected chi connectivity index (χ3v) is 4.05. The van der Waals surface area contributed by atoms with Crippen LogP contribution >= 0.6 is 15.9 Å². The highest BCUT2D eigenvalue weighted by molar-refractivity contribution is 9.10.